The fourth-order valence-electron chi connectivity index (χ4n) is 4.25. The molecule has 2 heterocycles. The van der Waals surface area contributed by atoms with Crippen LogP contribution in [-0.4, -0.2) is 59.5 Å². The summed E-state index contributed by atoms with van der Waals surface area (Å²) in [4.78, 5) is 13.9. The van der Waals surface area contributed by atoms with E-state index in [2.05, 4.69) is 5.10 Å². The zero-order valence-corrected chi connectivity index (χ0v) is 19.9. The van der Waals surface area contributed by atoms with Gasteiger partial charge in [-0.2, -0.15) is 9.40 Å². The highest BCUT2D eigenvalue weighted by Gasteiger charge is 2.32. The standard InChI is InChI=1S/C24H26F2N4O3S/c1-17-21(18(2)30(27-17)20-6-4-3-5-7-20)9-11-24(31)28-12-14-29(15-13-28)34(32,33)23-10-8-19(25)16-22(23)26/h3-8,10,16H,9,11-15H2,1-2H3. The van der Waals surface area contributed by atoms with Gasteiger partial charge in [0.25, 0.3) is 0 Å². The zero-order chi connectivity index (χ0) is 24.5. The van der Waals surface area contributed by atoms with Crippen molar-refractivity contribution >= 4 is 15.9 Å². The number of halogens is 2. The molecule has 0 unspecified atom stereocenters. The number of amides is 1. The highest BCUT2D eigenvalue weighted by molar-refractivity contribution is 7.89. The molecule has 0 bridgehead atoms. The van der Waals surface area contributed by atoms with Crippen molar-refractivity contribution in [1.82, 2.24) is 19.0 Å². The molecule has 10 heteroatoms. The van der Waals surface area contributed by atoms with Crippen molar-refractivity contribution in [1.29, 1.82) is 0 Å². The van der Waals surface area contributed by atoms with Gasteiger partial charge in [0.1, 0.15) is 16.5 Å². The average molecular weight is 489 g/mol. The maximum Gasteiger partial charge on any atom is 0.246 e. The Kier molecular flexibility index (Phi) is 6.81. The second-order valence-electron chi connectivity index (χ2n) is 8.26. The van der Waals surface area contributed by atoms with Crippen LogP contribution in [0.5, 0.6) is 0 Å². The van der Waals surface area contributed by atoms with Crippen LogP contribution < -0.4 is 0 Å². The van der Waals surface area contributed by atoms with Gasteiger partial charge >= 0.3 is 0 Å². The molecule has 0 atom stereocenters. The Bertz CT molecular complexity index is 1300. The van der Waals surface area contributed by atoms with Crippen molar-refractivity contribution in [3.05, 3.63) is 77.1 Å². The first kappa shape index (κ1) is 24.0. The van der Waals surface area contributed by atoms with Crippen LogP contribution in [0.1, 0.15) is 23.4 Å². The van der Waals surface area contributed by atoms with Crippen LogP contribution in [0.15, 0.2) is 53.4 Å². The van der Waals surface area contributed by atoms with Gasteiger partial charge in [0, 0.05) is 44.4 Å². The molecule has 0 saturated carbocycles. The molecule has 1 aliphatic heterocycles. The van der Waals surface area contributed by atoms with Gasteiger partial charge < -0.3 is 4.90 Å². The first-order valence-electron chi connectivity index (χ1n) is 11.0. The van der Waals surface area contributed by atoms with Gasteiger partial charge in [0.05, 0.1) is 11.4 Å². The van der Waals surface area contributed by atoms with Gasteiger partial charge in [0.15, 0.2) is 0 Å². The van der Waals surface area contributed by atoms with Crippen LogP contribution >= 0.6 is 0 Å². The van der Waals surface area contributed by atoms with E-state index >= 15 is 0 Å². The monoisotopic (exact) mass is 488 g/mol. The molecule has 0 spiro atoms. The number of aryl methyl sites for hydroxylation is 1. The van der Waals surface area contributed by atoms with Gasteiger partial charge in [-0.05, 0) is 50.1 Å². The molecule has 2 aromatic carbocycles. The smallest absolute Gasteiger partial charge is 0.246 e. The topological polar surface area (TPSA) is 75.5 Å². The van der Waals surface area contributed by atoms with Crippen LogP contribution in [0.4, 0.5) is 8.78 Å². The Labute approximate surface area is 197 Å². The first-order valence-corrected chi connectivity index (χ1v) is 12.5. The Morgan fingerprint density at radius 3 is 2.32 bits per heavy atom. The van der Waals surface area contributed by atoms with Crippen LogP contribution in [-0.2, 0) is 21.2 Å². The van der Waals surface area contributed by atoms with Gasteiger partial charge in [0.2, 0.25) is 15.9 Å². The Morgan fingerprint density at radius 1 is 1.00 bits per heavy atom. The molecule has 34 heavy (non-hydrogen) atoms. The minimum absolute atomic E-state index is 0.0505. The van der Waals surface area contributed by atoms with Gasteiger partial charge in [-0.25, -0.2) is 21.9 Å². The summed E-state index contributed by atoms with van der Waals surface area (Å²) in [6, 6.07) is 12.2. The lowest BCUT2D eigenvalue weighted by atomic mass is 10.1. The van der Waals surface area contributed by atoms with Crippen molar-refractivity contribution in [2.75, 3.05) is 26.2 Å². The zero-order valence-electron chi connectivity index (χ0n) is 19.0. The maximum absolute atomic E-state index is 14.0. The highest BCUT2D eigenvalue weighted by atomic mass is 32.2. The lowest BCUT2D eigenvalue weighted by molar-refractivity contribution is -0.132. The SMILES string of the molecule is Cc1nn(-c2ccccc2)c(C)c1CCC(=O)N1CCN(S(=O)(=O)c2ccc(F)cc2F)CC1. The number of benzene rings is 2. The third-order valence-corrected chi connectivity index (χ3v) is 8.07. The van der Waals surface area contributed by atoms with E-state index in [-0.39, 0.29) is 38.5 Å². The summed E-state index contributed by atoms with van der Waals surface area (Å²) in [5.41, 5.74) is 3.82. The van der Waals surface area contributed by atoms with E-state index in [0.29, 0.717) is 12.5 Å². The second kappa shape index (κ2) is 9.63. The molecule has 1 saturated heterocycles. The van der Waals surface area contributed by atoms with Crippen LogP contribution in [0.25, 0.3) is 5.69 Å². The summed E-state index contributed by atoms with van der Waals surface area (Å²) in [5.74, 6) is -2.04. The number of sulfonamides is 1. The predicted molar refractivity (Wildman–Crippen MR) is 123 cm³/mol. The largest absolute Gasteiger partial charge is 0.340 e. The van der Waals surface area contributed by atoms with E-state index < -0.39 is 26.6 Å². The Morgan fingerprint density at radius 2 is 1.68 bits per heavy atom. The minimum Gasteiger partial charge on any atom is -0.340 e. The summed E-state index contributed by atoms with van der Waals surface area (Å²) in [7, 11) is -4.11. The van der Waals surface area contributed by atoms with Crippen LogP contribution in [0.2, 0.25) is 0 Å². The second-order valence-corrected chi connectivity index (χ2v) is 10.2. The van der Waals surface area contributed by atoms with Crippen molar-refractivity contribution in [3.63, 3.8) is 0 Å². The molecule has 180 valence electrons. The fraction of sp³-hybridized carbons (Fsp3) is 0.333. The number of carbonyl (C=O) groups excluding carboxylic acids is 1. The first-order chi connectivity index (χ1) is 16.2. The lowest BCUT2D eigenvalue weighted by Crippen LogP contribution is -2.50. The van der Waals surface area contributed by atoms with E-state index in [0.717, 1.165) is 39.1 Å². The average Bonchev–Trinajstić information content (AvgIpc) is 3.11. The van der Waals surface area contributed by atoms with Crippen molar-refractivity contribution in [2.24, 2.45) is 0 Å². The van der Waals surface area contributed by atoms with Gasteiger partial charge in [-0.3, -0.25) is 4.79 Å². The number of para-hydroxylation sites is 1. The number of hydrogen-bond donors (Lipinski definition) is 0. The third-order valence-electron chi connectivity index (χ3n) is 6.13. The molecule has 0 N–H and O–H groups in total. The van der Waals surface area contributed by atoms with E-state index in [1.165, 1.54) is 0 Å². The van der Waals surface area contributed by atoms with Gasteiger partial charge in [-0.1, -0.05) is 18.2 Å². The molecule has 3 aromatic rings. The van der Waals surface area contributed by atoms with E-state index in [1.54, 1.807) is 4.90 Å². The number of aromatic nitrogens is 2. The molecule has 1 fully saturated rings. The maximum atomic E-state index is 14.0. The molecule has 4 rings (SSSR count). The van der Waals surface area contributed by atoms with E-state index in [1.807, 2.05) is 48.9 Å². The summed E-state index contributed by atoms with van der Waals surface area (Å²) in [6.07, 6.45) is 0.810. The summed E-state index contributed by atoms with van der Waals surface area (Å²) in [6.45, 7) is 4.42. The number of carbonyl (C=O) groups is 1. The summed E-state index contributed by atoms with van der Waals surface area (Å²) < 4.78 is 55.7. The van der Waals surface area contributed by atoms with Crippen molar-refractivity contribution < 1.29 is 22.0 Å². The molecule has 1 amide bonds. The Balaban J connectivity index is 1.37. The van der Waals surface area contributed by atoms with Crippen LogP contribution in [0.3, 0.4) is 0 Å². The minimum atomic E-state index is -4.11. The van der Waals surface area contributed by atoms with Crippen molar-refractivity contribution in [2.45, 2.75) is 31.6 Å². The highest BCUT2D eigenvalue weighted by Crippen LogP contribution is 2.23. The lowest BCUT2D eigenvalue weighted by Gasteiger charge is -2.34. The summed E-state index contributed by atoms with van der Waals surface area (Å²) >= 11 is 0. The third kappa shape index (κ3) is 4.74. The normalized spacial score (nSPS) is 15.0. The number of piperazine rings is 1. The van der Waals surface area contributed by atoms with Crippen LogP contribution in [0, 0.1) is 25.5 Å². The quantitative estimate of drug-likeness (QED) is 0.534. The molecular formula is C24H26F2N4O3S. The van der Waals surface area contributed by atoms with Crippen molar-refractivity contribution in [3.8, 4) is 5.69 Å². The molecule has 1 aromatic heterocycles. The predicted octanol–water partition coefficient (Wildman–Crippen LogP) is 3.23. The molecule has 1 aliphatic rings. The Hall–Kier alpha value is -3.11. The number of rotatable bonds is 6. The van der Waals surface area contributed by atoms with E-state index in [9.17, 15) is 22.0 Å². The summed E-state index contributed by atoms with van der Waals surface area (Å²) in [5, 5.41) is 4.61. The molecular weight excluding hydrogens is 462 g/mol. The number of hydrogen-bond acceptors (Lipinski definition) is 4. The molecule has 7 nitrogen and oxygen atoms in total. The molecule has 0 aliphatic carbocycles. The number of nitrogens with zero attached hydrogens (tertiary/aromatic N) is 4. The van der Waals surface area contributed by atoms with E-state index in [4.69, 9.17) is 0 Å². The van der Waals surface area contributed by atoms with Gasteiger partial charge in [-0.15, -0.1) is 0 Å². The molecule has 0 radical (unpaired) electrons. The fourth-order valence-corrected chi connectivity index (χ4v) is 5.72.